The van der Waals surface area contributed by atoms with E-state index in [-0.39, 0.29) is 16.7 Å². The Labute approximate surface area is 89.6 Å². The van der Waals surface area contributed by atoms with Crippen molar-refractivity contribution in [2.75, 3.05) is 0 Å². The monoisotopic (exact) mass is 216 g/mol. The van der Waals surface area contributed by atoms with Gasteiger partial charge < -0.3 is 10.2 Å². The van der Waals surface area contributed by atoms with Gasteiger partial charge in [0.05, 0.1) is 22.3 Å². The van der Waals surface area contributed by atoms with Gasteiger partial charge in [-0.15, -0.1) is 0 Å². The first-order valence-electron chi connectivity index (χ1n) is 3.96. The molecule has 0 spiro atoms. The first kappa shape index (κ1) is 11.2. The Bertz CT molecular complexity index is 528. The van der Waals surface area contributed by atoms with Crippen molar-refractivity contribution in [3.8, 4) is 12.1 Å². The molecule has 0 saturated carbocycles. The highest BCUT2D eigenvalue weighted by molar-refractivity contribution is 5.96. The van der Waals surface area contributed by atoms with Crippen LogP contribution in [0.25, 0.3) is 0 Å². The van der Waals surface area contributed by atoms with Gasteiger partial charge >= 0.3 is 11.9 Å². The number of nitriles is 2. The van der Waals surface area contributed by atoms with Crippen LogP contribution < -0.4 is 0 Å². The fourth-order valence-corrected chi connectivity index (χ4v) is 1.17. The van der Waals surface area contributed by atoms with E-state index in [9.17, 15) is 9.59 Å². The first-order chi connectivity index (χ1) is 7.51. The number of hydrogen-bond donors (Lipinski definition) is 2. The van der Waals surface area contributed by atoms with Gasteiger partial charge in [-0.2, -0.15) is 10.5 Å². The highest BCUT2D eigenvalue weighted by Crippen LogP contribution is 2.17. The summed E-state index contributed by atoms with van der Waals surface area (Å²) in [4.78, 5) is 21.4. The molecule has 1 aromatic carbocycles. The second kappa shape index (κ2) is 4.11. The largest absolute Gasteiger partial charge is 0.478 e. The molecule has 6 heteroatoms. The molecule has 0 radical (unpaired) electrons. The molecule has 0 aliphatic carbocycles. The summed E-state index contributed by atoms with van der Waals surface area (Å²) in [5.41, 5.74) is -1.46. The molecule has 16 heavy (non-hydrogen) atoms. The molecule has 0 heterocycles. The van der Waals surface area contributed by atoms with Crippen LogP contribution in [0.4, 0.5) is 0 Å². The number of aromatic carboxylic acids is 2. The van der Waals surface area contributed by atoms with Crippen LogP contribution in [0.3, 0.4) is 0 Å². The Morgan fingerprint density at radius 2 is 1.44 bits per heavy atom. The molecule has 1 aromatic rings. The van der Waals surface area contributed by atoms with Crippen molar-refractivity contribution in [2.45, 2.75) is 0 Å². The van der Waals surface area contributed by atoms with E-state index in [1.807, 2.05) is 0 Å². The lowest BCUT2D eigenvalue weighted by Gasteiger charge is -2.02. The molecule has 0 aliphatic rings. The zero-order valence-corrected chi connectivity index (χ0v) is 7.76. The lowest BCUT2D eigenvalue weighted by molar-refractivity contribution is 0.0680. The number of nitrogens with zero attached hydrogens (tertiary/aromatic N) is 2. The van der Waals surface area contributed by atoms with Crippen molar-refractivity contribution in [2.24, 2.45) is 0 Å². The molecule has 0 unspecified atom stereocenters. The Kier molecular flexibility index (Phi) is 2.88. The van der Waals surface area contributed by atoms with Crippen LogP contribution in [0.2, 0.25) is 0 Å². The van der Waals surface area contributed by atoms with E-state index in [0.29, 0.717) is 0 Å². The van der Waals surface area contributed by atoms with Gasteiger partial charge in [0, 0.05) is 0 Å². The van der Waals surface area contributed by atoms with Gasteiger partial charge in [-0.3, -0.25) is 0 Å². The quantitative estimate of drug-likeness (QED) is 0.754. The molecule has 0 aromatic heterocycles. The molecule has 0 aliphatic heterocycles. The molecule has 78 valence electrons. The molecule has 0 atom stereocenters. The van der Waals surface area contributed by atoms with Gasteiger partial charge in [0.1, 0.15) is 12.1 Å². The second-order valence-corrected chi connectivity index (χ2v) is 2.78. The van der Waals surface area contributed by atoms with Gasteiger partial charge in [0.2, 0.25) is 0 Å². The van der Waals surface area contributed by atoms with Gasteiger partial charge in [-0.25, -0.2) is 9.59 Å². The smallest absolute Gasteiger partial charge is 0.338 e. The van der Waals surface area contributed by atoms with Crippen LogP contribution in [0.1, 0.15) is 31.8 Å². The molecule has 0 fully saturated rings. The van der Waals surface area contributed by atoms with Gasteiger partial charge in [0.15, 0.2) is 0 Å². The van der Waals surface area contributed by atoms with Gasteiger partial charge in [0.25, 0.3) is 0 Å². The number of rotatable bonds is 2. The number of carboxylic acids is 2. The van der Waals surface area contributed by atoms with E-state index >= 15 is 0 Å². The molecule has 6 nitrogen and oxygen atoms in total. The predicted molar refractivity (Wildman–Crippen MR) is 49.8 cm³/mol. The van der Waals surface area contributed by atoms with Crippen molar-refractivity contribution in [3.05, 3.63) is 34.4 Å². The lowest BCUT2D eigenvalue weighted by atomic mass is 9.99. The normalized spacial score (nSPS) is 8.88. The standard InChI is InChI=1S/C10H4N2O4/c11-3-6-1-5(9(13)14)2-7(4-12)8(6)10(15)16/h1-2H,(H,13,14)(H,15,16). The van der Waals surface area contributed by atoms with Crippen LogP contribution in [-0.4, -0.2) is 22.2 Å². The van der Waals surface area contributed by atoms with E-state index in [2.05, 4.69) is 0 Å². The number of carbonyl (C=O) groups is 2. The Morgan fingerprint density at radius 1 is 1.00 bits per heavy atom. The molecular formula is C10H4N2O4. The summed E-state index contributed by atoms with van der Waals surface area (Å²) in [6.45, 7) is 0. The van der Waals surface area contributed by atoms with Crippen molar-refractivity contribution in [1.29, 1.82) is 10.5 Å². The molecule has 0 saturated heterocycles. The molecule has 1 rings (SSSR count). The minimum atomic E-state index is -1.44. The summed E-state index contributed by atoms with van der Waals surface area (Å²) in [6.07, 6.45) is 0. The molecule has 2 N–H and O–H groups in total. The van der Waals surface area contributed by atoms with Crippen molar-refractivity contribution >= 4 is 11.9 Å². The summed E-state index contributed by atoms with van der Waals surface area (Å²) in [5, 5.41) is 34.8. The maximum Gasteiger partial charge on any atom is 0.338 e. The van der Waals surface area contributed by atoms with Crippen molar-refractivity contribution in [1.82, 2.24) is 0 Å². The highest BCUT2D eigenvalue weighted by atomic mass is 16.4. The minimum absolute atomic E-state index is 0.293. The Morgan fingerprint density at radius 3 is 1.69 bits per heavy atom. The maximum atomic E-state index is 10.8. The van der Waals surface area contributed by atoms with Crippen LogP contribution >= 0.6 is 0 Å². The molecule has 0 amide bonds. The van der Waals surface area contributed by atoms with Crippen molar-refractivity contribution < 1.29 is 19.8 Å². The fourth-order valence-electron chi connectivity index (χ4n) is 1.17. The zero-order valence-electron chi connectivity index (χ0n) is 7.76. The van der Waals surface area contributed by atoms with E-state index < -0.39 is 17.5 Å². The third kappa shape index (κ3) is 1.81. The first-order valence-corrected chi connectivity index (χ1v) is 3.96. The fraction of sp³-hybridized carbons (Fsp3) is 0. The zero-order chi connectivity index (χ0) is 12.3. The predicted octanol–water partition coefficient (Wildman–Crippen LogP) is 0.826. The Balaban J connectivity index is 3.66. The van der Waals surface area contributed by atoms with E-state index in [4.69, 9.17) is 20.7 Å². The number of hydrogen-bond acceptors (Lipinski definition) is 4. The third-order valence-corrected chi connectivity index (χ3v) is 1.84. The molecule has 0 bridgehead atoms. The minimum Gasteiger partial charge on any atom is -0.478 e. The van der Waals surface area contributed by atoms with E-state index in [1.54, 1.807) is 12.1 Å². The lowest BCUT2D eigenvalue weighted by Crippen LogP contribution is -2.07. The van der Waals surface area contributed by atoms with E-state index in [0.717, 1.165) is 12.1 Å². The van der Waals surface area contributed by atoms with E-state index in [1.165, 1.54) is 0 Å². The van der Waals surface area contributed by atoms with Crippen LogP contribution in [0.5, 0.6) is 0 Å². The summed E-state index contributed by atoms with van der Waals surface area (Å²) in [7, 11) is 0. The summed E-state index contributed by atoms with van der Waals surface area (Å²) in [5.74, 6) is -2.77. The highest BCUT2D eigenvalue weighted by Gasteiger charge is 2.19. The number of benzene rings is 1. The second-order valence-electron chi connectivity index (χ2n) is 2.78. The topological polar surface area (TPSA) is 122 Å². The maximum absolute atomic E-state index is 10.8. The van der Waals surface area contributed by atoms with Crippen molar-refractivity contribution in [3.63, 3.8) is 0 Å². The van der Waals surface area contributed by atoms with Crippen LogP contribution in [0, 0.1) is 22.7 Å². The number of carboxylic acid groups (broad SMARTS) is 2. The van der Waals surface area contributed by atoms with Gasteiger partial charge in [-0.05, 0) is 12.1 Å². The summed E-state index contributed by atoms with van der Waals surface area (Å²) in [6, 6.07) is 4.95. The summed E-state index contributed by atoms with van der Waals surface area (Å²) >= 11 is 0. The molecular weight excluding hydrogens is 212 g/mol. The average Bonchev–Trinajstić information content (AvgIpc) is 2.26. The van der Waals surface area contributed by atoms with Crippen LogP contribution in [0.15, 0.2) is 12.1 Å². The summed E-state index contributed by atoms with van der Waals surface area (Å²) < 4.78 is 0. The van der Waals surface area contributed by atoms with Crippen LogP contribution in [-0.2, 0) is 0 Å². The SMILES string of the molecule is N#Cc1cc(C(=O)O)cc(C#N)c1C(=O)O. The van der Waals surface area contributed by atoms with Gasteiger partial charge in [-0.1, -0.05) is 0 Å². The average molecular weight is 216 g/mol. The third-order valence-electron chi connectivity index (χ3n) is 1.84. The Hall–Kier alpha value is -2.86.